The lowest BCUT2D eigenvalue weighted by atomic mass is 10.2. The summed E-state index contributed by atoms with van der Waals surface area (Å²) in [6.45, 7) is 0.0694. The standard InChI is InChI=1S/C5H11NO2.C4H6O6/c1-6(2,3)4-5(7)8;5-1(3(7)8)2(6)4(9)10/h4H2,1-3H3;1-2,5-6H,(H,7,8)(H,9,10)/p-2. The fourth-order valence-corrected chi connectivity index (χ4v) is 0.645. The highest BCUT2D eigenvalue weighted by Crippen LogP contribution is 1.89. The van der Waals surface area contributed by atoms with E-state index in [4.69, 9.17) is 10.2 Å². The average Bonchev–Trinajstić information content (AvgIpc) is 2.11. The molecular weight excluding hydrogens is 250 g/mol. The molecule has 0 aromatic heterocycles. The summed E-state index contributed by atoms with van der Waals surface area (Å²) >= 11 is 0. The van der Waals surface area contributed by atoms with Gasteiger partial charge in [0.25, 0.3) is 0 Å². The van der Waals surface area contributed by atoms with Gasteiger partial charge in [-0.25, -0.2) is 0 Å². The summed E-state index contributed by atoms with van der Waals surface area (Å²) < 4.78 is 0.419. The van der Waals surface area contributed by atoms with Crippen LogP contribution in [-0.4, -0.2) is 72.5 Å². The van der Waals surface area contributed by atoms with Crippen LogP contribution in [0.1, 0.15) is 0 Å². The van der Waals surface area contributed by atoms with Crippen LogP contribution >= 0.6 is 0 Å². The number of carbonyl (C=O) groups is 3. The molecule has 0 heterocycles. The Morgan fingerprint density at radius 1 is 0.944 bits per heavy atom. The Hall–Kier alpha value is -1.71. The first-order valence-corrected chi connectivity index (χ1v) is 4.66. The molecule has 2 N–H and O–H groups in total. The van der Waals surface area contributed by atoms with Crippen molar-refractivity contribution in [3.8, 4) is 0 Å². The van der Waals surface area contributed by atoms with Crippen LogP contribution < -0.4 is 15.3 Å². The predicted molar refractivity (Wildman–Crippen MR) is 49.9 cm³/mol. The van der Waals surface area contributed by atoms with Crippen molar-refractivity contribution in [2.24, 2.45) is 0 Å². The number of nitrogens with zero attached hydrogens (tertiary/aromatic N) is 1. The molecule has 106 valence electrons. The third-order valence-corrected chi connectivity index (χ3v) is 1.39. The van der Waals surface area contributed by atoms with Crippen LogP contribution in [0, 0.1) is 0 Å². The van der Waals surface area contributed by atoms with Crippen molar-refractivity contribution in [1.82, 2.24) is 0 Å². The van der Waals surface area contributed by atoms with Gasteiger partial charge >= 0.3 is 0 Å². The van der Waals surface area contributed by atoms with E-state index in [2.05, 4.69) is 0 Å². The summed E-state index contributed by atoms with van der Waals surface area (Å²) in [5.74, 6) is -5.12. The predicted octanol–water partition coefficient (Wildman–Crippen LogP) is -6.35. The van der Waals surface area contributed by atoms with E-state index in [1.54, 1.807) is 21.1 Å². The van der Waals surface area contributed by atoms with Crippen molar-refractivity contribution in [3.05, 3.63) is 0 Å². The molecule has 0 saturated heterocycles. The largest absolute Gasteiger partial charge is 0.547 e. The lowest BCUT2D eigenvalue weighted by molar-refractivity contribution is -0.864. The smallest absolute Gasteiger partial charge is 0.124 e. The maximum atomic E-state index is 9.89. The van der Waals surface area contributed by atoms with Gasteiger partial charge in [0.1, 0.15) is 18.8 Å². The van der Waals surface area contributed by atoms with Gasteiger partial charge in [0, 0.05) is 0 Å². The monoisotopic (exact) mass is 265 g/mol. The van der Waals surface area contributed by atoms with Crippen molar-refractivity contribution in [2.45, 2.75) is 12.2 Å². The molecule has 2 atom stereocenters. The van der Waals surface area contributed by atoms with Crippen molar-refractivity contribution < 1.29 is 44.4 Å². The van der Waals surface area contributed by atoms with E-state index in [1.807, 2.05) is 0 Å². The normalized spacial score (nSPS) is 13.8. The van der Waals surface area contributed by atoms with Gasteiger partial charge in [-0.15, -0.1) is 0 Å². The van der Waals surface area contributed by atoms with Crippen LogP contribution in [-0.2, 0) is 14.4 Å². The molecule has 0 radical (unpaired) electrons. The lowest BCUT2D eigenvalue weighted by Crippen LogP contribution is -2.51. The van der Waals surface area contributed by atoms with Gasteiger partial charge in [0.2, 0.25) is 0 Å². The Morgan fingerprint density at radius 3 is 1.28 bits per heavy atom. The minimum Gasteiger partial charge on any atom is -0.547 e. The van der Waals surface area contributed by atoms with Crippen molar-refractivity contribution >= 4 is 17.9 Å². The molecule has 0 bridgehead atoms. The number of carbonyl (C=O) groups excluding carboxylic acids is 3. The number of hydrogen-bond donors (Lipinski definition) is 2. The first-order valence-electron chi connectivity index (χ1n) is 4.66. The highest BCUT2D eigenvalue weighted by atomic mass is 16.4. The second-order valence-electron chi connectivity index (χ2n) is 4.35. The molecule has 2 unspecified atom stereocenters. The molecular formula is C9H15NO8-2. The molecule has 9 nitrogen and oxygen atoms in total. The summed E-state index contributed by atoms with van der Waals surface area (Å²) in [6.07, 6.45) is -4.88. The van der Waals surface area contributed by atoms with Gasteiger partial charge in [-0.3, -0.25) is 0 Å². The quantitative estimate of drug-likeness (QED) is 0.464. The second kappa shape index (κ2) is 7.58. The molecule has 0 amide bonds. The Morgan fingerprint density at radius 2 is 1.22 bits per heavy atom. The van der Waals surface area contributed by atoms with Crippen LogP contribution in [0.2, 0.25) is 0 Å². The topological polar surface area (TPSA) is 161 Å². The number of aliphatic carboxylic acids is 3. The van der Waals surface area contributed by atoms with E-state index in [0.717, 1.165) is 0 Å². The molecule has 0 aromatic rings. The molecule has 0 rings (SSSR count). The SMILES string of the molecule is C[N+](C)(C)CC(=O)[O-].O=C([O-])C(O)C(O)C(=O)[O-]. The zero-order chi connectivity index (χ0) is 15.1. The number of carboxylic acids is 3. The molecule has 0 saturated carbocycles. The number of quaternary nitrogens is 1. The fourth-order valence-electron chi connectivity index (χ4n) is 0.645. The van der Waals surface area contributed by atoms with Gasteiger partial charge < -0.3 is 44.4 Å². The zero-order valence-electron chi connectivity index (χ0n) is 10.2. The Labute approximate surface area is 103 Å². The highest BCUT2D eigenvalue weighted by Gasteiger charge is 2.17. The van der Waals surface area contributed by atoms with E-state index in [0.29, 0.717) is 4.48 Å². The fraction of sp³-hybridized carbons (Fsp3) is 0.667. The van der Waals surface area contributed by atoms with Crippen LogP contribution in [0.5, 0.6) is 0 Å². The van der Waals surface area contributed by atoms with Crippen LogP contribution in [0.25, 0.3) is 0 Å². The molecule has 0 aliphatic carbocycles. The van der Waals surface area contributed by atoms with E-state index in [9.17, 15) is 29.7 Å². The summed E-state index contributed by atoms with van der Waals surface area (Å²) in [4.78, 5) is 29.2. The number of carboxylic acid groups (broad SMARTS) is 3. The first kappa shape index (κ1) is 18.6. The number of aliphatic hydroxyl groups is 2. The first-order chi connectivity index (χ1) is 7.88. The molecule has 0 aromatic carbocycles. The van der Waals surface area contributed by atoms with Crippen LogP contribution in [0.4, 0.5) is 0 Å². The molecule has 18 heavy (non-hydrogen) atoms. The number of aliphatic hydroxyl groups excluding tert-OH is 2. The molecule has 0 fully saturated rings. The third-order valence-electron chi connectivity index (χ3n) is 1.39. The minimum atomic E-state index is -2.44. The number of rotatable bonds is 5. The summed E-state index contributed by atoms with van der Waals surface area (Å²) in [7, 11) is 5.40. The van der Waals surface area contributed by atoms with Crippen LogP contribution in [0.15, 0.2) is 0 Å². The summed E-state index contributed by atoms with van der Waals surface area (Å²) in [6, 6.07) is 0. The van der Waals surface area contributed by atoms with E-state index < -0.39 is 30.1 Å². The zero-order valence-corrected chi connectivity index (χ0v) is 10.2. The molecule has 0 aliphatic rings. The minimum absolute atomic E-state index is 0.0694. The maximum Gasteiger partial charge on any atom is 0.124 e. The van der Waals surface area contributed by atoms with Gasteiger partial charge in [-0.05, 0) is 0 Å². The Balaban J connectivity index is 0. The van der Waals surface area contributed by atoms with Gasteiger partial charge in [0.15, 0.2) is 0 Å². The Kier molecular flexibility index (Phi) is 7.86. The van der Waals surface area contributed by atoms with E-state index in [-0.39, 0.29) is 6.54 Å². The second-order valence-corrected chi connectivity index (χ2v) is 4.35. The van der Waals surface area contributed by atoms with Gasteiger partial charge in [-0.1, -0.05) is 0 Å². The number of hydrogen-bond acceptors (Lipinski definition) is 8. The number of likely N-dealkylation sites (N-methyl/N-ethyl adjacent to an activating group) is 1. The molecule has 0 spiro atoms. The summed E-state index contributed by atoms with van der Waals surface area (Å²) in [5.41, 5.74) is 0. The Bertz CT molecular complexity index is 290. The molecule has 9 heteroatoms. The average molecular weight is 265 g/mol. The lowest BCUT2D eigenvalue weighted by Gasteiger charge is -2.23. The highest BCUT2D eigenvalue weighted by molar-refractivity contribution is 5.80. The van der Waals surface area contributed by atoms with Gasteiger partial charge in [0.05, 0.1) is 39.1 Å². The van der Waals surface area contributed by atoms with Crippen molar-refractivity contribution in [2.75, 3.05) is 27.7 Å². The summed E-state index contributed by atoms with van der Waals surface area (Å²) in [5, 5.41) is 45.6. The van der Waals surface area contributed by atoms with E-state index in [1.165, 1.54) is 0 Å². The van der Waals surface area contributed by atoms with Crippen LogP contribution in [0.3, 0.4) is 0 Å². The van der Waals surface area contributed by atoms with Gasteiger partial charge in [-0.2, -0.15) is 0 Å². The maximum absolute atomic E-state index is 9.89. The van der Waals surface area contributed by atoms with E-state index >= 15 is 0 Å². The van der Waals surface area contributed by atoms with Crippen molar-refractivity contribution in [3.63, 3.8) is 0 Å². The third kappa shape index (κ3) is 10.8. The molecule has 0 aliphatic heterocycles. The van der Waals surface area contributed by atoms with Crippen molar-refractivity contribution in [1.29, 1.82) is 0 Å².